The molecule has 32 heavy (non-hydrogen) atoms. The first-order chi connectivity index (χ1) is 15.4. The van der Waals surface area contributed by atoms with Gasteiger partial charge in [-0.25, -0.2) is 13.4 Å². The minimum absolute atomic E-state index is 0.0445. The van der Waals surface area contributed by atoms with Crippen LogP contribution in [0.2, 0.25) is 0 Å². The number of carbonyl (C=O) groups is 1. The average molecular weight is 460 g/mol. The second-order valence-corrected chi connectivity index (χ2v) is 10.1. The number of imidazole rings is 1. The van der Waals surface area contributed by atoms with Crippen LogP contribution in [0.4, 0.5) is 11.5 Å². The zero-order valence-corrected chi connectivity index (χ0v) is 18.8. The van der Waals surface area contributed by atoms with Gasteiger partial charge >= 0.3 is 0 Å². The number of anilines is 2. The molecule has 10 heteroatoms. The van der Waals surface area contributed by atoms with E-state index >= 15 is 0 Å². The van der Waals surface area contributed by atoms with Crippen LogP contribution in [0.3, 0.4) is 0 Å². The molecule has 2 aliphatic rings. The Morgan fingerprint density at radius 2 is 2.06 bits per heavy atom. The van der Waals surface area contributed by atoms with Crippen LogP contribution in [0, 0.1) is 0 Å². The lowest BCUT2D eigenvalue weighted by molar-refractivity contribution is 0.0730. The molecular formula is C22H29N5O4S. The summed E-state index contributed by atoms with van der Waals surface area (Å²) in [5, 5.41) is 2.92. The van der Waals surface area contributed by atoms with E-state index in [4.69, 9.17) is 10.5 Å². The van der Waals surface area contributed by atoms with Crippen molar-refractivity contribution in [2.24, 2.45) is 0 Å². The number of carbonyl (C=O) groups excluding carboxylic acids is 1. The van der Waals surface area contributed by atoms with Crippen molar-refractivity contribution in [3.63, 3.8) is 0 Å². The van der Waals surface area contributed by atoms with Gasteiger partial charge in [-0.2, -0.15) is 4.31 Å². The van der Waals surface area contributed by atoms with E-state index in [2.05, 4.69) is 21.4 Å². The first-order valence-corrected chi connectivity index (χ1v) is 12.5. The Bertz CT molecular complexity index is 1100. The predicted octanol–water partition coefficient (Wildman–Crippen LogP) is 2.41. The van der Waals surface area contributed by atoms with Crippen molar-refractivity contribution in [2.45, 2.75) is 32.1 Å². The number of nitrogens with one attached hydrogen (secondary N) is 2. The van der Waals surface area contributed by atoms with E-state index < -0.39 is 10.0 Å². The van der Waals surface area contributed by atoms with Crippen LogP contribution in [-0.4, -0.2) is 60.7 Å². The minimum atomic E-state index is -3.34. The summed E-state index contributed by atoms with van der Waals surface area (Å²) in [5.41, 5.74) is 9.31. The Morgan fingerprint density at radius 3 is 2.75 bits per heavy atom. The third kappa shape index (κ3) is 5.37. The van der Waals surface area contributed by atoms with E-state index in [0.717, 1.165) is 36.8 Å². The summed E-state index contributed by atoms with van der Waals surface area (Å²) in [6, 6.07) is 5.71. The topological polar surface area (TPSA) is 130 Å². The lowest BCUT2D eigenvalue weighted by Crippen LogP contribution is -2.42. The number of nitrogens with zero attached hydrogens (tertiary/aromatic N) is 2. The molecule has 0 atom stereocenters. The summed E-state index contributed by atoms with van der Waals surface area (Å²) in [6.45, 7) is 1.69. The van der Waals surface area contributed by atoms with Gasteiger partial charge in [0.25, 0.3) is 5.91 Å². The number of aryl methyl sites for hydroxylation is 1. The molecule has 9 nitrogen and oxygen atoms in total. The summed E-state index contributed by atoms with van der Waals surface area (Å²) in [6.07, 6.45) is 8.23. The molecule has 1 aliphatic heterocycles. The van der Waals surface area contributed by atoms with Gasteiger partial charge in [-0.1, -0.05) is 12.1 Å². The van der Waals surface area contributed by atoms with E-state index in [1.165, 1.54) is 16.1 Å². The van der Waals surface area contributed by atoms with Crippen LogP contribution >= 0.6 is 0 Å². The lowest BCUT2D eigenvalue weighted by Gasteiger charge is -2.26. The van der Waals surface area contributed by atoms with Crippen molar-refractivity contribution < 1.29 is 17.9 Å². The number of hydrogen-bond acceptors (Lipinski definition) is 6. The van der Waals surface area contributed by atoms with Crippen molar-refractivity contribution in [1.82, 2.24) is 14.3 Å². The van der Waals surface area contributed by atoms with Gasteiger partial charge in [-0.3, -0.25) is 4.79 Å². The van der Waals surface area contributed by atoms with Crippen LogP contribution in [0.15, 0.2) is 30.5 Å². The van der Waals surface area contributed by atoms with Crippen LogP contribution in [0.5, 0.6) is 0 Å². The van der Waals surface area contributed by atoms with Crippen molar-refractivity contribution in [2.75, 3.05) is 43.1 Å². The van der Waals surface area contributed by atoms with Crippen LogP contribution in [-0.2, 0) is 21.2 Å². The Balaban J connectivity index is 1.54. The van der Waals surface area contributed by atoms with E-state index in [1.54, 1.807) is 0 Å². The highest BCUT2D eigenvalue weighted by Crippen LogP contribution is 2.33. The normalized spacial score (nSPS) is 17.7. The number of amides is 1. The van der Waals surface area contributed by atoms with Crippen molar-refractivity contribution >= 4 is 33.0 Å². The predicted molar refractivity (Wildman–Crippen MR) is 124 cm³/mol. The molecule has 172 valence electrons. The molecule has 0 spiro atoms. The number of benzene rings is 1. The number of allylic oxidation sites excluding steroid dienone is 2. The van der Waals surface area contributed by atoms with Gasteiger partial charge in [0.1, 0.15) is 5.82 Å². The average Bonchev–Trinajstić information content (AvgIpc) is 3.26. The van der Waals surface area contributed by atoms with Gasteiger partial charge in [0.2, 0.25) is 10.0 Å². The zero-order chi connectivity index (χ0) is 22.6. The standard InChI is InChI=1S/C22H29N5O4S/c23-20-15-24-21(26-20)22(28)25-19-7-6-16(14-18(19)17-4-2-1-3-5-17)8-13-32(29,30)27-9-11-31-12-10-27/h4,6-7,14-15H,1-3,5,8-13,23H2,(H,24,26)(H,25,28). The molecule has 1 fully saturated rings. The Labute approximate surface area is 188 Å². The Hall–Kier alpha value is -2.69. The molecule has 1 amide bonds. The number of aromatic amines is 1. The highest BCUT2D eigenvalue weighted by atomic mass is 32.2. The minimum Gasteiger partial charge on any atom is -0.382 e. The third-order valence-electron chi connectivity index (χ3n) is 5.79. The number of morpholine rings is 1. The zero-order valence-electron chi connectivity index (χ0n) is 18.0. The number of aromatic nitrogens is 2. The molecule has 0 radical (unpaired) electrons. The second-order valence-electron chi connectivity index (χ2n) is 8.06. The molecule has 1 aliphatic carbocycles. The number of rotatable bonds is 7. The molecule has 0 bridgehead atoms. The number of nitrogen functional groups attached to an aromatic ring is 1. The molecular weight excluding hydrogens is 430 g/mol. The molecule has 0 saturated carbocycles. The van der Waals surface area contributed by atoms with Crippen LogP contribution < -0.4 is 11.1 Å². The molecule has 4 rings (SSSR count). The highest BCUT2D eigenvalue weighted by Gasteiger charge is 2.24. The number of H-pyrrole nitrogens is 1. The van der Waals surface area contributed by atoms with Crippen molar-refractivity contribution in [1.29, 1.82) is 0 Å². The van der Waals surface area contributed by atoms with Gasteiger partial charge in [-0.15, -0.1) is 0 Å². The van der Waals surface area contributed by atoms with E-state index in [-0.39, 0.29) is 23.3 Å². The fraction of sp³-hybridized carbons (Fsp3) is 0.455. The summed E-state index contributed by atoms with van der Waals surface area (Å²) in [4.78, 5) is 19.3. The van der Waals surface area contributed by atoms with Crippen molar-refractivity contribution in [3.8, 4) is 0 Å². The number of ether oxygens (including phenoxy) is 1. The maximum atomic E-state index is 12.7. The second kappa shape index (κ2) is 9.85. The molecule has 0 unspecified atom stereocenters. The maximum absolute atomic E-state index is 12.7. The van der Waals surface area contributed by atoms with Gasteiger partial charge in [0, 0.05) is 30.5 Å². The fourth-order valence-electron chi connectivity index (χ4n) is 4.04. The molecule has 1 saturated heterocycles. The summed E-state index contributed by atoms with van der Waals surface area (Å²) < 4.78 is 32.2. The third-order valence-corrected chi connectivity index (χ3v) is 7.67. The van der Waals surface area contributed by atoms with Gasteiger partial charge in [-0.05, 0) is 55.4 Å². The summed E-state index contributed by atoms with van der Waals surface area (Å²) in [5.74, 6) is 0.0685. The monoisotopic (exact) mass is 459 g/mol. The fourth-order valence-corrected chi connectivity index (χ4v) is 5.50. The van der Waals surface area contributed by atoms with Crippen LogP contribution in [0.1, 0.15) is 47.4 Å². The smallest absolute Gasteiger partial charge is 0.291 e. The molecule has 4 N–H and O–H groups in total. The highest BCUT2D eigenvalue weighted by molar-refractivity contribution is 7.89. The Morgan fingerprint density at radius 1 is 1.25 bits per heavy atom. The summed E-state index contributed by atoms with van der Waals surface area (Å²) >= 11 is 0. The van der Waals surface area contributed by atoms with E-state index in [0.29, 0.717) is 38.4 Å². The number of sulfonamides is 1. The first-order valence-electron chi connectivity index (χ1n) is 10.9. The SMILES string of the molecule is Nc1c[nH]c(C(=O)Nc2ccc(CCS(=O)(=O)N3CCOCC3)cc2C2=CCCCC2)n1. The van der Waals surface area contributed by atoms with E-state index in [9.17, 15) is 13.2 Å². The van der Waals surface area contributed by atoms with E-state index in [1.807, 2.05) is 18.2 Å². The largest absolute Gasteiger partial charge is 0.382 e. The molecule has 2 heterocycles. The lowest BCUT2D eigenvalue weighted by atomic mass is 9.91. The Kier molecular flexibility index (Phi) is 6.92. The molecule has 1 aromatic heterocycles. The van der Waals surface area contributed by atoms with Gasteiger partial charge in [0.15, 0.2) is 5.82 Å². The van der Waals surface area contributed by atoms with Gasteiger partial charge in [0.05, 0.1) is 19.0 Å². The van der Waals surface area contributed by atoms with Crippen molar-refractivity contribution in [3.05, 3.63) is 47.4 Å². The molecule has 1 aromatic carbocycles. The quantitative estimate of drug-likeness (QED) is 0.583. The van der Waals surface area contributed by atoms with Gasteiger partial charge < -0.3 is 20.8 Å². The number of nitrogens with two attached hydrogens (primary N) is 1. The molecule has 2 aromatic rings. The maximum Gasteiger partial charge on any atom is 0.291 e. The summed E-state index contributed by atoms with van der Waals surface area (Å²) in [7, 11) is -3.34. The first kappa shape index (κ1) is 22.5. The number of hydrogen-bond donors (Lipinski definition) is 3. The van der Waals surface area contributed by atoms with Crippen LogP contribution in [0.25, 0.3) is 5.57 Å².